The van der Waals surface area contributed by atoms with E-state index in [2.05, 4.69) is 0 Å². The predicted octanol–water partition coefficient (Wildman–Crippen LogP) is 0.572. The van der Waals surface area contributed by atoms with Crippen molar-refractivity contribution in [3.63, 3.8) is 0 Å². The summed E-state index contributed by atoms with van der Waals surface area (Å²) in [6, 6.07) is 6.27. The molecule has 0 saturated heterocycles. The van der Waals surface area contributed by atoms with Gasteiger partial charge in [-0.2, -0.15) is 10.5 Å². The quantitative estimate of drug-likeness (QED) is 0.566. The molecule has 0 saturated carbocycles. The van der Waals surface area contributed by atoms with Gasteiger partial charge in [-0.15, -0.1) is 5.23 Å². The Balaban J connectivity index is 2.77. The van der Waals surface area contributed by atoms with Crippen LogP contribution in [0.5, 0.6) is 11.5 Å². The summed E-state index contributed by atoms with van der Waals surface area (Å²) in [5, 5.41) is 49.1. The molecular weight excluding hydrogens is 334 g/mol. The topological polar surface area (TPSA) is 176 Å². The molecule has 0 amide bonds. The van der Waals surface area contributed by atoms with Gasteiger partial charge in [0.05, 0.1) is 52.1 Å². The number of rotatable bonds is 3. The molecule has 0 unspecified atom stereocenters. The van der Waals surface area contributed by atoms with Crippen LogP contribution in [0.25, 0.3) is 0 Å². The number of hydrogen-bond donors (Lipinski definition) is 4. The second kappa shape index (κ2) is 6.60. The van der Waals surface area contributed by atoms with Crippen LogP contribution in [0.2, 0.25) is 0 Å². The maximum atomic E-state index is 12.0. The molecule has 2 rings (SSSR count). The van der Waals surface area contributed by atoms with E-state index in [0.29, 0.717) is 0 Å². The number of nitrogens with two attached hydrogens (primary N) is 2. The summed E-state index contributed by atoms with van der Waals surface area (Å²) in [5.41, 5.74) is 11.5. The molecule has 0 fully saturated rings. The highest BCUT2D eigenvalue weighted by Gasteiger charge is 2.32. The lowest BCUT2D eigenvalue weighted by Gasteiger charge is -2.27. The van der Waals surface area contributed by atoms with Gasteiger partial charge in [0.1, 0.15) is 5.75 Å². The fourth-order valence-corrected chi connectivity index (χ4v) is 3.09. The van der Waals surface area contributed by atoms with Crippen LogP contribution >= 0.6 is 11.8 Å². The lowest BCUT2D eigenvalue weighted by atomic mass is 9.85. The molecule has 24 heavy (non-hydrogen) atoms. The van der Waals surface area contributed by atoms with Crippen LogP contribution in [0.15, 0.2) is 33.3 Å². The molecule has 0 radical (unpaired) electrons. The first-order valence-electron chi connectivity index (χ1n) is 6.39. The van der Waals surface area contributed by atoms with Crippen molar-refractivity contribution in [2.24, 2.45) is 11.5 Å². The van der Waals surface area contributed by atoms with E-state index in [1.165, 1.54) is 13.2 Å². The first-order chi connectivity index (χ1) is 11.3. The smallest absolute Gasteiger partial charge is 0.113 e. The first-order valence-corrected chi connectivity index (χ1v) is 7.21. The summed E-state index contributed by atoms with van der Waals surface area (Å²) < 4.78 is 4.93. The molecule has 1 heterocycles. The van der Waals surface area contributed by atoms with Crippen molar-refractivity contribution in [1.82, 2.24) is 0 Å². The summed E-state index contributed by atoms with van der Waals surface area (Å²) in [4.78, 5) is 0. The maximum Gasteiger partial charge on any atom is 0.113 e. The van der Waals surface area contributed by atoms with Gasteiger partial charge >= 0.3 is 0 Å². The number of nitrogens with zero attached hydrogens (tertiary/aromatic N) is 3. The number of benzene rings is 1. The molecule has 1 aliphatic heterocycles. The molecule has 6 N–H and O–H groups in total. The van der Waals surface area contributed by atoms with Crippen molar-refractivity contribution in [2.45, 2.75) is 5.92 Å². The third-order valence-electron chi connectivity index (χ3n) is 3.40. The van der Waals surface area contributed by atoms with E-state index in [4.69, 9.17) is 16.2 Å². The minimum atomic E-state index is -0.950. The predicted molar refractivity (Wildman–Crippen MR) is 82.5 cm³/mol. The zero-order chi connectivity index (χ0) is 18.0. The summed E-state index contributed by atoms with van der Waals surface area (Å²) >= 11 is 0.896. The molecule has 0 aliphatic carbocycles. The van der Waals surface area contributed by atoms with Crippen molar-refractivity contribution in [2.75, 3.05) is 12.3 Å². The standard InChI is InChI=1S/C14H13N5O4S/c1-23-10-3-6(2-9(12(10)20)19(21)22)11-7(4-15)13(17)24-14(18)8(11)5-16/h2-3,11,20-22H,17-18H2,1H3/p-1. The number of allylic oxidation sites excluding steroid dienone is 2. The van der Waals surface area contributed by atoms with Gasteiger partial charge in [-0.1, -0.05) is 11.8 Å². The molecule has 124 valence electrons. The molecule has 0 atom stereocenters. The van der Waals surface area contributed by atoms with Crippen LogP contribution in [0.4, 0.5) is 5.69 Å². The van der Waals surface area contributed by atoms with Gasteiger partial charge in [0, 0.05) is 0 Å². The van der Waals surface area contributed by atoms with Crippen LogP contribution in [0.1, 0.15) is 11.5 Å². The minimum Gasteiger partial charge on any atom is -0.868 e. The van der Waals surface area contributed by atoms with E-state index >= 15 is 0 Å². The molecule has 0 aromatic heterocycles. The second-order valence-electron chi connectivity index (χ2n) is 4.68. The van der Waals surface area contributed by atoms with Crippen molar-refractivity contribution in [3.8, 4) is 23.6 Å². The van der Waals surface area contributed by atoms with Crippen molar-refractivity contribution >= 4 is 17.4 Å². The van der Waals surface area contributed by atoms with Gasteiger partial charge in [0.15, 0.2) is 0 Å². The Morgan fingerprint density at radius 2 is 1.75 bits per heavy atom. The fourth-order valence-electron chi connectivity index (χ4n) is 2.30. The molecule has 1 aromatic carbocycles. The molecule has 9 nitrogen and oxygen atoms in total. The SMILES string of the molecule is COc1cc(C2C(C#N)=C(N)SC(N)=C2C#N)cc(N(O)O)c1[O-]. The van der Waals surface area contributed by atoms with Crippen LogP contribution in [-0.4, -0.2) is 17.5 Å². The Bertz CT molecular complexity index is 799. The van der Waals surface area contributed by atoms with E-state index < -0.39 is 17.4 Å². The second-order valence-corrected chi connectivity index (χ2v) is 5.76. The number of ether oxygens (including phenoxy) is 1. The van der Waals surface area contributed by atoms with Crippen LogP contribution in [0.3, 0.4) is 0 Å². The maximum absolute atomic E-state index is 12.0. The number of thioether (sulfide) groups is 1. The monoisotopic (exact) mass is 346 g/mol. The van der Waals surface area contributed by atoms with Crippen LogP contribution in [-0.2, 0) is 0 Å². The van der Waals surface area contributed by atoms with Crippen molar-refractivity contribution in [1.29, 1.82) is 10.5 Å². The van der Waals surface area contributed by atoms with Gasteiger partial charge in [-0.05, 0) is 23.4 Å². The zero-order valence-corrected chi connectivity index (χ0v) is 13.2. The average molecular weight is 346 g/mol. The van der Waals surface area contributed by atoms with Crippen molar-refractivity contribution in [3.05, 3.63) is 38.9 Å². The Morgan fingerprint density at radius 3 is 2.17 bits per heavy atom. The first kappa shape index (κ1) is 17.3. The summed E-state index contributed by atoms with van der Waals surface area (Å²) in [5.74, 6) is -1.92. The van der Waals surface area contributed by atoms with Crippen LogP contribution in [0, 0.1) is 22.7 Å². The summed E-state index contributed by atoms with van der Waals surface area (Å²) in [6.45, 7) is 0. The van der Waals surface area contributed by atoms with Gasteiger partial charge in [0.25, 0.3) is 0 Å². The number of hydrogen-bond acceptors (Lipinski definition) is 10. The van der Waals surface area contributed by atoms with E-state index in [0.717, 1.165) is 17.8 Å². The number of nitriles is 2. The van der Waals surface area contributed by atoms with Gasteiger partial charge < -0.3 is 21.3 Å². The van der Waals surface area contributed by atoms with E-state index in [1.807, 2.05) is 12.1 Å². The third-order valence-corrected chi connectivity index (χ3v) is 4.28. The molecule has 10 heteroatoms. The minimum absolute atomic E-state index is 0.0693. The van der Waals surface area contributed by atoms with Gasteiger partial charge in [-0.25, -0.2) is 0 Å². The number of methoxy groups -OCH3 is 1. The normalized spacial score (nSPS) is 15.0. The fraction of sp³-hybridized carbons (Fsp3) is 0.143. The summed E-state index contributed by atoms with van der Waals surface area (Å²) in [7, 11) is 1.23. The summed E-state index contributed by atoms with van der Waals surface area (Å²) in [6.07, 6.45) is 0. The van der Waals surface area contributed by atoms with E-state index in [1.54, 1.807) is 0 Å². The molecule has 0 bridgehead atoms. The Hall–Kier alpha value is -3.05. The van der Waals surface area contributed by atoms with Crippen molar-refractivity contribution < 1.29 is 20.3 Å². The highest BCUT2D eigenvalue weighted by atomic mass is 32.2. The Labute approximate surface area is 141 Å². The van der Waals surface area contributed by atoms with E-state index in [9.17, 15) is 26.0 Å². The van der Waals surface area contributed by atoms with Gasteiger partial charge in [-0.3, -0.25) is 10.4 Å². The van der Waals surface area contributed by atoms with E-state index in [-0.39, 0.29) is 37.7 Å². The Kier molecular flexibility index (Phi) is 4.76. The highest BCUT2D eigenvalue weighted by molar-refractivity contribution is 8.06. The average Bonchev–Trinajstić information content (AvgIpc) is 2.54. The lowest BCUT2D eigenvalue weighted by Crippen LogP contribution is -2.20. The molecule has 1 aromatic rings. The largest absolute Gasteiger partial charge is 0.868 e. The lowest BCUT2D eigenvalue weighted by molar-refractivity contribution is -0.270. The molecule has 0 spiro atoms. The Morgan fingerprint density at radius 1 is 1.21 bits per heavy atom. The third kappa shape index (κ3) is 2.77. The highest BCUT2D eigenvalue weighted by Crippen LogP contribution is 2.46. The number of anilines is 1. The van der Waals surface area contributed by atoms with Crippen LogP contribution < -0.4 is 26.5 Å². The molecule has 1 aliphatic rings. The zero-order valence-electron chi connectivity index (χ0n) is 12.3. The molecular formula is C14H12N5O4S-. The van der Waals surface area contributed by atoms with Gasteiger partial charge in [0.2, 0.25) is 0 Å².